The topological polar surface area (TPSA) is 66.2 Å². The van der Waals surface area contributed by atoms with Crippen molar-refractivity contribution < 1.29 is 9.53 Å². The lowest BCUT2D eigenvalue weighted by atomic mass is 9.77. The van der Waals surface area contributed by atoms with Crippen LogP contribution in [0.4, 0.5) is 5.69 Å². The fourth-order valence-corrected chi connectivity index (χ4v) is 8.23. The molecule has 6 rings (SSSR count). The smallest absolute Gasteiger partial charge is 0.230 e. The summed E-state index contributed by atoms with van der Waals surface area (Å²) < 4.78 is 5.48. The predicted molar refractivity (Wildman–Crippen MR) is 170 cm³/mol. The van der Waals surface area contributed by atoms with Gasteiger partial charge in [0.25, 0.3) is 0 Å². The molecule has 1 heterocycles. The number of amides is 1. The average Bonchev–Trinajstić information content (AvgIpc) is 3.76. The number of benzene rings is 2. The number of aromatic nitrogens is 1. The van der Waals surface area contributed by atoms with Gasteiger partial charge in [0.15, 0.2) is 0 Å². The first-order chi connectivity index (χ1) is 20.5. The molecule has 0 aliphatic heterocycles. The summed E-state index contributed by atoms with van der Waals surface area (Å²) in [6.45, 7) is 2.91. The Morgan fingerprint density at radius 1 is 0.976 bits per heavy atom. The third-order valence-corrected chi connectivity index (χ3v) is 11.1. The van der Waals surface area contributed by atoms with Crippen LogP contribution in [0.3, 0.4) is 0 Å². The molecule has 1 aromatic heterocycles. The summed E-state index contributed by atoms with van der Waals surface area (Å²) in [5.41, 5.74) is 4.79. The van der Waals surface area contributed by atoms with E-state index >= 15 is 0 Å². The Labute approximate surface area is 254 Å². The summed E-state index contributed by atoms with van der Waals surface area (Å²) in [5, 5.41) is 10.4. The van der Waals surface area contributed by atoms with E-state index in [2.05, 4.69) is 60.4 Å². The van der Waals surface area contributed by atoms with Gasteiger partial charge in [0.2, 0.25) is 5.91 Å². The van der Waals surface area contributed by atoms with Crippen molar-refractivity contribution in [2.24, 2.45) is 17.8 Å². The van der Waals surface area contributed by atoms with Crippen molar-refractivity contribution in [3.63, 3.8) is 0 Å². The van der Waals surface area contributed by atoms with E-state index in [0.717, 1.165) is 74.9 Å². The third-order valence-electron chi connectivity index (χ3n) is 9.91. The van der Waals surface area contributed by atoms with Crippen molar-refractivity contribution in [3.05, 3.63) is 64.8 Å². The van der Waals surface area contributed by atoms with Crippen molar-refractivity contribution in [3.8, 4) is 22.3 Å². The molecule has 3 fully saturated rings. The quantitative estimate of drug-likeness (QED) is 0.253. The highest BCUT2D eigenvalue weighted by Crippen LogP contribution is 2.44. The second kappa shape index (κ2) is 13.0. The van der Waals surface area contributed by atoms with Crippen molar-refractivity contribution in [1.29, 1.82) is 5.26 Å². The summed E-state index contributed by atoms with van der Waals surface area (Å²) >= 11 is 1.81. The Balaban J connectivity index is 1.18. The van der Waals surface area contributed by atoms with E-state index in [0.29, 0.717) is 30.1 Å². The molecule has 0 bridgehead atoms. The number of anilines is 1. The minimum absolute atomic E-state index is 0.0482. The minimum atomic E-state index is 0.0482. The van der Waals surface area contributed by atoms with E-state index in [-0.39, 0.29) is 11.8 Å². The molecule has 3 aromatic rings. The van der Waals surface area contributed by atoms with Gasteiger partial charge in [0, 0.05) is 36.7 Å². The third kappa shape index (κ3) is 6.57. The predicted octanol–water partition coefficient (Wildman–Crippen LogP) is 9.03. The summed E-state index contributed by atoms with van der Waals surface area (Å²) in [5.74, 6) is 3.43. The number of carbonyl (C=O) groups is 1. The second-order valence-corrected chi connectivity index (χ2v) is 13.9. The lowest BCUT2D eigenvalue weighted by molar-refractivity contribution is -0.123. The highest BCUT2D eigenvalue weighted by atomic mass is 32.1. The van der Waals surface area contributed by atoms with Crippen LogP contribution in [0.2, 0.25) is 0 Å². The molecule has 5 nitrogen and oxygen atoms in total. The molecule has 2 aromatic carbocycles. The number of methoxy groups -OCH3 is 1. The lowest BCUT2D eigenvalue weighted by Gasteiger charge is -2.36. The summed E-state index contributed by atoms with van der Waals surface area (Å²) in [7, 11) is 1.73. The van der Waals surface area contributed by atoms with Gasteiger partial charge in [0.1, 0.15) is 5.75 Å². The number of ether oxygens (including phenoxy) is 1. The summed E-state index contributed by atoms with van der Waals surface area (Å²) in [6, 6.07) is 17.6. The number of aryl methyl sites for hydroxylation is 1. The van der Waals surface area contributed by atoms with E-state index in [1.807, 2.05) is 6.20 Å². The summed E-state index contributed by atoms with van der Waals surface area (Å²) in [6.07, 6.45) is 13.5. The van der Waals surface area contributed by atoms with Gasteiger partial charge < -0.3 is 9.64 Å². The van der Waals surface area contributed by atoms with Crippen LogP contribution < -0.4 is 9.64 Å². The maximum Gasteiger partial charge on any atom is 0.230 e. The van der Waals surface area contributed by atoms with Crippen LogP contribution in [0, 0.1) is 36.0 Å². The zero-order valence-electron chi connectivity index (χ0n) is 25.1. The molecular weight excluding hydrogens is 538 g/mol. The molecule has 0 spiro atoms. The van der Waals surface area contributed by atoms with Crippen molar-refractivity contribution in [2.45, 2.75) is 89.4 Å². The van der Waals surface area contributed by atoms with E-state index in [1.54, 1.807) is 18.4 Å². The molecule has 3 saturated carbocycles. The van der Waals surface area contributed by atoms with Crippen LogP contribution in [0.1, 0.15) is 98.6 Å². The van der Waals surface area contributed by atoms with Crippen LogP contribution in [-0.4, -0.2) is 24.5 Å². The van der Waals surface area contributed by atoms with Gasteiger partial charge >= 0.3 is 0 Å². The zero-order chi connectivity index (χ0) is 29.1. The maximum absolute atomic E-state index is 14.2. The van der Waals surface area contributed by atoms with Gasteiger partial charge in [-0.15, -0.1) is 11.3 Å². The molecule has 6 heteroatoms. The van der Waals surface area contributed by atoms with Crippen LogP contribution in [-0.2, 0) is 4.79 Å². The normalized spacial score (nSPS) is 24.1. The first-order valence-corrected chi connectivity index (χ1v) is 16.7. The van der Waals surface area contributed by atoms with Gasteiger partial charge in [-0.1, -0.05) is 24.3 Å². The van der Waals surface area contributed by atoms with E-state index in [4.69, 9.17) is 15.0 Å². The largest absolute Gasteiger partial charge is 0.496 e. The van der Waals surface area contributed by atoms with Crippen LogP contribution in [0.5, 0.6) is 5.75 Å². The molecule has 0 N–H and O–H groups in total. The van der Waals surface area contributed by atoms with Crippen molar-refractivity contribution >= 4 is 22.9 Å². The van der Waals surface area contributed by atoms with E-state index < -0.39 is 0 Å². The molecule has 42 heavy (non-hydrogen) atoms. The number of hydrogen-bond donors (Lipinski definition) is 0. The number of nitriles is 1. The Kier molecular flexibility index (Phi) is 8.95. The molecule has 0 unspecified atom stereocenters. The number of rotatable bonds is 9. The highest BCUT2D eigenvalue weighted by Gasteiger charge is 2.33. The minimum Gasteiger partial charge on any atom is -0.496 e. The van der Waals surface area contributed by atoms with E-state index in [1.165, 1.54) is 33.9 Å². The maximum atomic E-state index is 14.2. The molecular formula is C36H43N3O2S. The SMILES string of the molecule is COc1ccc([C@H]2CC[C@H](CN(c3cccc(-c4cnc(C5CC5)s4)c3)C(=O)[C@H]3CC[C@H](CC#N)CC3)CC2)cc1C. The van der Waals surface area contributed by atoms with Crippen LogP contribution >= 0.6 is 11.3 Å². The molecule has 0 saturated heterocycles. The monoisotopic (exact) mass is 581 g/mol. The van der Waals surface area contributed by atoms with Gasteiger partial charge in [-0.3, -0.25) is 4.79 Å². The Bertz CT molecular complexity index is 1420. The van der Waals surface area contributed by atoms with E-state index in [9.17, 15) is 4.79 Å². The molecule has 0 radical (unpaired) electrons. The fraction of sp³-hybridized carbons (Fsp3) is 0.528. The summed E-state index contributed by atoms with van der Waals surface area (Å²) in [4.78, 5) is 22.2. The molecule has 220 valence electrons. The van der Waals surface area contributed by atoms with Gasteiger partial charge in [-0.25, -0.2) is 4.98 Å². The molecule has 3 aliphatic carbocycles. The molecule has 1 amide bonds. The lowest BCUT2D eigenvalue weighted by Crippen LogP contribution is -2.41. The van der Waals surface area contributed by atoms with Crippen LogP contribution in [0.15, 0.2) is 48.7 Å². The Morgan fingerprint density at radius 2 is 1.71 bits per heavy atom. The number of hydrogen-bond acceptors (Lipinski definition) is 5. The number of carbonyl (C=O) groups excluding carboxylic acids is 1. The first-order valence-electron chi connectivity index (χ1n) is 15.9. The van der Waals surface area contributed by atoms with Crippen molar-refractivity contribution in [1.82, 2.24) is 4.98 Å². The first kappa shape index (κ1) is 28.9. The number of nitrogens with zero attached hydrogens (tertiary/aromatic N) is 3. The standard InChI is InChI=1S/C36H43N3O2S/c1-24-20-30(16-17-33(24)41-2)27-10-8-26(9-11-27)23-39(36(40)29-12-6-25(7-13-29)18-19-37)32-5-3-4-31(21-32)34-22-38-35(42-34)28-14-15-28/h3-5,16-17,20-22,25-29H,6-15,18,23H2,1-2H3/t25-,26-,27-,29-. The Hall–Kier alpha value is -3.17. The average molecular weight is 582 g/mol. The second-order valence-electron chi connectivity index (χ2n) is 12.9. The zero-order valence-corrected chi connectivity index (χ0v) is 25.9. The number of thiazole rings is 1. The molecule has 0 atom stereocenters. The molecule has 3 aliphatic rings. The van der Waals surface area contributed by atoms with Crippen molar-refractivity contribution in [2.75, 3.05) is 18.6 Å². The van der Waals surface area contributed by atoms with Gasteiger partial charge in [-0.2, -0.15) is 5.26 Å². The Morgan fingerprint density at radius 3 is 2.40 bits per heavy atom. The van der Waals surface area contributed by atoms with Gasteiger partial charge in [0.05, 0.1) is 23.1 Å². The van der Waals surface area contributed by atoms with Crippen LogP contribution in [0.25, 0.3) is 10.4 Å². The fourth-order valence-electron chi connectivity index (χ4n) is 7.14. The highest BCUT2D eigenvalue weighted by molar-refractivity contribution is 7.15. The van der Waals surface area contributed by atoms with Gasteiger partial charge in [-0.05, 0) is 124 Å².